The first-order valence-corrected chi connectivity index (χ1v) is 9.60. The Morgan fingerprint density at radius 2 is 1.96 bits per heavy atom. The van der Waals surface area contributed by atoms with E-state index in [0.717, 1.165) is 29.9 Å². The summed E-state index contributed by atoms with van der Waals surface area (Å²) >= 11 is 0. The molecule has 5 nitrogen and oxygen atoms in total. The Morgan fingerprint density at radius 3 is 2.79 bits per heavy atom. The van der Waals surface area contributed by atoms with E-state index in [4.69, 9.17) is 0 Å². The molecule has 1 aliphatic heterocycles. The van der Waals surface area contributed by atoms with Crippen LogP contribution in [0.5, 0.6) is 0 Å². The molecule has 0 fully saturated rings. The van der Waals surface area contributed by atoms with Gasteiger partial charge in [-0.3, -0.25) is 9.48 Å². The molecule has 144 valence electrons. The van der Waals surface area contributed by atoms with Crippen LogP contribution in [0, 0.1) is 5.82 Å². The van der Waals surface area contributed by atoms with E-state index in [2.05, 4.69) is 26.5 Å². The number of benzene rings is 2. The summed E-state index contributed by atoms with van der Waals surface area (Å²) in [4.78, 5) is 12.2. The first kappa shape index (κ1) is 18.2. The van der Waals surface area contributed by atoms with Crippen molar-refractivity contribution in [2.75, 3.05) is 10.6 Å². The van der Waals surface area contributed by atoms with Crippen LogP contribution in [0.15, 0.2) is 54.6 Å². The Morgan fingerprint density at radius 1 is 1.11 bits per heavy atom. The van der Waals surface area contributed by atoms with E-state index >= 15 is 0 Å². The third-order valence-corrected chi connectivity index (χ3v) is 4.89. The fourth-order valence-corrected chi connectivity index (χ4v) is 3.46. The van der Waals surface area contributed by atoms with Crippen LogP contribution < -0.4 is 10.6 Å². The van der Waals surface area contributed by atoms with E-state index in [1.807, 2.05) is 30.3 Å². The maximum atomic E-state index is 14.1. The van der Waals surface area contributed by atoms with Gasteiger partial charge in [-0.25, -0.2) is 4.39 Å². The Hall–Kier alpha value is -3.15. The second kappa shape index (κ2) is 8.25. The summed E-state index contributed by atoms with van der Waals surface area (Å²) in [5, 5.41) is 10.5. The quantitative estimate of drug-likeness (QED) is 0.677. The van der Waals surface area contributed by atoms with Crippen molar-refractivity contribution < 1.29 is 9.18 Å². The highest BCUT2D eigenvalue weighted by Gasteiger charge is 2.13. The highest BCUT2D eigenvalue weighted by Crippen LogP contribution is 2.21. The van der Waals surface area contributed by atoms with E-state index in [-0.39, 0.29) is 18.0 Å². The number of hydrogen-bond donors (Lipinski definition) is 2. The molecule has 0 bridgehead atoms. The number of amides is 1. The van der Waals surface area contributed by atoms with Crippen molar-refractivity contribution in [1.82, 2.24) is 9.78 Å². The van der Waals surface area contributed by atoms with Gasteiger partial charge in [-0.15, -0.1) is 0 Å². The molecule has 0 aliphatic carbocycles. The lowest BCUT2D eigenvalue weighted by Crippen LogP contribution is -2.15. The smallest absolute Gasteiger partial charge is 0.228 e. The van der Waals surface area contributed by atoms with Gasteiger partial charge < -0.3 is 10.6 Å². The van der Waals surface area contributed by atoms with Crippen molar-refractivity contribution in [3.8, 4) is 0 Å². The molecule has 2 heterocycles. The van der Waals surface area contributed by atoms with Crippen LogP contribution in [0.4, 0.5) is 15.8 Å². The summed E-state index contributed by atoms with van der Waals surface area (Å²) in [5.74, 6) is -0.701. The lowest BCUT2D eigenvalue weighted by atomic mass is 10.1. The Labute approximate surface area is 163 Å². The zero-order chi connectivity index (χ0) is 19.3. The fourth-order valence-electron chi connectivity index (χ4n) is 3.46. The third-order valence-electron chi connectivity index (χ3n) is 4.89. The third kappa shape index (κ3) is 4.39. The van der Waals surface area contributed by atoms with Crippen molar-refractivity contribution in [2.24, 2.45) is 0 Å². The minimum absolute atomic E-state index is 0.176. The normalized spacial score (nSPS) is 13.0. The Kier molecular flexibility index (Phi) is 5.37. The summed E-state index contributed by atoms with van der Waals surface area (Å²) in [6.07, 6.45) is 3.66. The number of halogens is 1. The van der Waals surface area contributed by atoms with Crippen molar-refractivity contribution in [3.63, 3.8) is 0 Å². The molecule has 0 saturated heterocycles. The number of hydrogen-bond acceptors (Lipinski definition) is 3. The van der Waals surface area contributed by atoms with Crippen LogP contribution in [0.2, 0.25) is 0 Å². The van der Waals surface area contributed by atoms with Gasteiger partial charge in [0.05, 0.1) is 24.3 Å². The molecular weight excluding hydrogens is 355 g/mol. The van der Waals surface area contributed by atoms with Gasteiger partial charge in [0.25, 0.3) is 0 Å². The second-order valence-electron chi connectivity index (χ2n) is 7.07. The molecule has 0 spiro atoms. The maximum absolute atomic E-state index is 14.1. The SMILES string of the molecule is O=C(Cc1ccccc1)Nc1cc(NCc2cc3n(n2)CCCC3)ccc1F. The van der Waals surface area contributed by atoms with E-state index in [9.17, 15) is 9.18 Å². The van der Waals surface area contributed by atoms with E-state index in [0.29, 0.717) is 6.54 Å². The molecule has 0 saturated carbocycles. The fraction of sp³-hybridized carbons (Fsp3) is 0.273. The van der Waals surface area contributed by atoms with Crippen molar-refractivity contribution in [1.29, 1.82) is 0 Å². The number of aryl methyl sites for hydroxylation is 2. The lowest BCUT2D eigenvalue weighted by molar-refractivity contribution is -0.115. The van der Waals surface area contributed by atoms with Gasteiger partial charge in [0.15, 0.2) is 0 Å². The molecule has 0 radical (unpaired) electrons. The minimum Gasteiger partial charge on any atom is -0.379 e. The predicted molar refractivity (Wildman–Crippen MR) is 108 cm³/mol. The molecule has 6 heteroatoms. The zero-order valence-corrected chi connectivity index (χ0v) is 15.6. The first-order valence-electron chi connectivity index (χ1n) is 9.60. The largest absolute Gasteiger partial charge is 0.379 e. The van der Waals surface area contributed by atoms with Gasteiger partial charge in [-0.05, 0) is 49.1 Å². The van der Waals surface area contributed by atoms with Crippen LogP contribution in [0.1, 0.15) is 29.8 Å². The number of rotatable bonds is 6. The average molecular weight is 378 g/mol. The van der Waals surface area contributed by atoms with Crippen LogP contribution in [-0.2, 0) is 30.7 Å². The Bertz CT molecular complexity index is 944. The summed E-state index contributed by atoms with van der Waals surface area (Å²) in [6.45, 7) is 1.53. The van der Waals surface area contributed by atoms with E-state index in [1.165, 1.54) is 24.6 Å². The number of nitrogens with one attached hydrogen (secondary N) is 2. The summed E-state index contributed by atoms with van der Waals surface area (Å²) in [6, 6.07) is 16.2. The highest BCUT2D eigenvalue weighted by atomic mass is 19.1. The van der Waals surface area contributed by atoms with Crippen molar-refractivity contribution >= 4 is 17.3 Å². The van der Waals surface area contributed by atoms with Gasteiger partial charge in [0.2, 0.25) is 5.91 Å². The van der Waals surface area contributed by atoms with Gasteiger partial charge in [-0.2, -0.15) is 5.10 Å². The van der Waals surface area contributed by atoms with Crippen molar-refractivity contribution in [3.05, 3.63) is 77.4 Å². The summed E-state index contributed by atoms with van der Waals surface area (Å²) < 4.78 is 16.2. The molecule has 4 rings (SSSR count). The summed E-state index contributed by atoms with van der Waals surface area (Å²) in [5.41, 5.74) is 4.04. The molecule has 3 aromatic rings. The first-order chi connectivity index (χ1) is 13.7. The standard InChI is InChI=1S/C22H23FN4O/c23-20-10-9-17(24-15-18-13-19-8-4-5-11-27(19)26-18)14-21(20)25-22(28)12-16-6-2-1-3-7-16/h1-3,6-7,9-10,13-14,24H,4-5,8,11-12,15H2,(H,25,28). The van der Waals surface area contributed by atoms with Crippen LogP contribution >= 0.6 is 0 Å². The molecule has 2 aromatic carbocycles. The molecular formula is C22H23FN4O. The number of nitrogens with zero attached hydrogens (tertiary/aromatic N) is 2. The maximum Gasteiger partial charge on any atom is 0.228 e. The number of anilines is 2. The average Bonchev–Trinajstić information content (AvgIpc) is 3.12. The summed E-state index contributed by atoms with van der Waals surface area (Å²) in [7, 11) is 0. The minimum atomic E-state index is -0.454. The van der Waals surface area contributed by atoms with Crippen LogP contribution in [-0.4, -0.2) is 15.7 Å². The van der Waals surface area contributed by atoms with E-state index in [1.54, 1.807) is 12.1 Å². The van der Waals surface area contributed by atoms with Gasteiger partial charge in [0.1, 0.15) is 5.82 Å². The molecule has 0 atom stereocenters. The topological polar surface area (TPSA) is 59.0 Å². The molecule has 1 aliphatic rings. The van der Waals surface area contributed by atoms with Gasteiger partial charge in [-0.1, -0.05) is 30.3 Å². The molecule has 0 unspecified atom stereocenters. The number of aromatic nitrogens is 2. The molecule has 1 amide bonds. The van der Waals surface area contributed by atoms with Crippen LogP contribution in [0.3, 0.4) is 0 Å². The van der Waals surface area contributed by atoms with Gasteiger partial charge >= 0.3 is 0 Å². The number of carbonyl (C=O) groups excluding carboxylic acids is 1. The highest BCUT2D eigenvalue weighted by molar-refractivity contribution is 5.92. The molecule has 1 aromatic heterocycles. The Balaban J connectivity index is 1.39. The van der Waals surface area contributed by atoms with Crippen LogP contribution in [0.25, 0.3) is 0 Å². The number of carbonyl (C=O) groups is 1. The monoisotopic (exact) mass is 378 g/mol. The zero-order valence-electron chi connectivity index (χ0n) is 15.6. The number of fused-ring (bicyclic) bond motifs is 1. The predicted octanol–water partition coefficient (Wildman–Crippen LogP) is 4.15. The van der Waals surface area contributed by atoms with E-state index < -0.39 is 5.82 Å². The lowest BCUT2D eigenvalue weighted by Gasteiger charge is -2.11. The molecule has 2 N–H and O–H groups in total. The van der Waals surface area contributed by atoms with Crippen molar-refractivity contribution in [2.45, 2.75) is 38.8 Å². The van der Waals surface area contributed by atoms with Gasteiger partial charge in [0, 0.05) is 17.9 Å². The molecule has 28 heavy (non-hydrogen) atoms. The second-order valence-corrected chi connectivity index (χ2v) is 7.07.